The van der Waals surface area contributed by atoms with Crippen LogP contribution in [0.4, 0.5) is 0 Å². The average molecular weight is 465 g/mol. The van der Waals surface area contributed by atoms with E-state index in [0.717, 1.165) is 25.7 Å². The number of benzene rings is 3. The van der Waals surface area contributed by atoms with Gasteiger partial charge in [0.05, 0.1) is 24.7 Å². The van der Waals surface area contributed by atoms with Crippen LogP contribution in [0, 0.1) is 5.92 Å². The normalized spacial score (nSPS) is 10.8. The maximum atomic E-state index is 13.1. The molecule has 3 aromatic rings. The molecule has 0 aliphatic rings. The summed E-state index contributed by atoms with van der Waals surface area (Å²) in [5.74, 6) is 0.449. The van der Waals surface area contributed by atoms with Gasteiger partial charge in [-0.15, -0.1) is 0 Å². The number of carbonyl (C=O) groups is 2. The smallest absolute Gasteiger partial charge is 0.173 e. The number of ether oxygens (including phenoxy) is 2. The van der Waals surface area contributed by atoms with Crippen molar-refractivity contribution < 1.29 is 19.1 Å². The van der Waals surface area contributed by atoms with E-state index in [1.807, 2.05) is 42.5 Å². The maximum Gasteiger partial charge on any atom is 0.173 e. The number of unbranched alkanes of at least 4 members (excludes halogenated alkanes) is 3. The molecule has 5 heteroatoms. The Bertz CT molecular complexity index is 983. The van der Waals surface area contributed by atoms with E-state index in [1.165, 1.54) is 0 Å². The quantitative estimate of drug-likeness (QED) is 0.154. The van der Waals surface area contributed by atoms with Crippen LogP contribution in [0.5, 0.6) is 11.5 Å². The Balaban J connectivity index is 1.49. The molecule has 0 fully saturated rings. The Morgan fingerprint density at radius 3 is 1.91 bits per heavy atom. The molecule has 0 atom stereocenters. The lowest BCUT2D eigenvalue weighted by Gasteiger charge is -2.15. The number of methoxy groups -OCH3 is 1. The van der Waals surface area contributed by atoms with Gasteiger partial charge >= 0.3 is 0 Å². The first-order chi connectivity index (χ1) is 16.1. The van der Waals surface area contributed by atoms with Crippen LogP contribution in [-0.4, -0.2) is 25.3 Å². The molecule has 0 saturated carbocycles. The van der Waals surface area contributed by atoms with Crippen molar-refractivity contribution in [1.29, 1.82) is 0 Å². The number of hydrogen-bond donors (Lipinski definition) is 0. The summed E-state index contributed by atoms with van der Waals surface area (Å²) in [6, 6.07) is 23.5. The summed E-state index contributed by atoms with van der Waals surface area (Å²) in [6.07, 6.45) is 4.06. The number of ketones is 2. The summed E-state index contributed by atoms with van der Waals surface area (Å²) in [5, 5.41) is 0.524. The molecule has 0 N–H and O–H groups in total. The van der Waals surface area contributed by atoms with E-state index in [-0.39, 0.29) is 11.6 Å². The molecule has 172 valence electrons. The minimum atomic E-state index is -0.663. The van der Waals surface area contributed by atoms with Crippen LogP contribution in [0.1, 0.15) is 52.8 Å². The number of Topliss-reactive ketones (excluding diaryl/α,β-unsaturated/α-hetero) is 2. The van der Waals surface area contributed by atoms with E-state index < -0.39 is 5.92 Å². The molecule has 0 aliphatic heterocycles. The van der Waals surface area contributed by atoms with Crippen molar-refractivity contribution in [1.82, 2.24) is 0 Å². The Hall–Kier alpha value is -3.11. The van der Waals surface area contributed by atoms with Gasteiger partial charge in [0, 0.05) is 17.2 Å². The predicted octanol–water partition coefficient (Wildman–Crippen LogP) is 7.06. The molecule has 0 heterocycles. The monoisotopic (exact) mass is 464 g/mol. The molecule has 33 heavy (non-hydrogen) atoms. The number of hydrogen-bond acceptors (Lipinski definition) is 4. The van der Waals surface area contributed by atoms with Gasteiger partial charge in [-0.1, -0.05) is 91.5 Å². The van der Waals surface area contributed by atoms with Crippen LogP contribution >= 0.6 is 11.6 Å². The SMILES string of the molecule is COc1ccc(OCCCCCCC(C(=O)c2ccccc2)C(=O)c2ccccc2)c(Cl)c1. The van der Waals surface area contributed by atoms with Crippen molar-refractivity contribution in [2.45, 2.75) is 32.1 Å². The summed E-state index contributed by atoms with van der Waals surface area (Å²) >= 11 is 6.20. The second kappa shape index (κ2) is 12.8. The molecule has 0 radical (unpaired) electrons. The zero-order valence-corrected chi connectivity index (χ0v) is 19.6. The molecule has 0 aliphatic carbocycles. The number of halogens is 1. The molecule has 0 bridgehead atoms. The molecular weight excluding hydrogens is 436 g/mol. The Kier molecular flexibility index (Phi) is 9.52. The van der Waals surface area contributed by atoms with E-state index in [0.29, 0.717) is 40.7 Å². The molecule has 0 amide bonds. The molecule has 4 nitrogen and oxygen atoms in total. The molecular formula is C28H29ClO4. The van der Waals surface area contributed by atoms with Crippen molar-refractivity contribution in [3.8, 4) is 11.5 Å². The molecule has 0 unspecified atom stereocenters. The Labute approximate surface area is 200 Å². The van der Waals surface area contributed by atoms with Gasteiger partial charge in [0.25, 0.3) is 0 Å². The van der Waals surface area contributed by atoms with Crippen molar-refractivity contribution in [3.63, 3.8) is 0 Å². The average Bonchev–Trinajstić information content (AvgIpc) is 2.86. The first kappa shape index (κ1) is 24.5. The van der Waals surface area contributed by atoms with Crippen LogP contribution < -0.4 is 9.47 Å². The van der Waals surface area contributed by atoms with E-state index in [1.54, 1.807) is 43.5 Å². The lowest BCUT2D eigenvalue weighted by Crippen LogP contribution is -2.24. The first-order valence-corrected chi connectivity index (χ1v) is 11.6. The lowest BCUT2D eigenvalue weighted by molar-refractivity contribution is 0.0797. The summed E-state index contributed by atoms with van der Waals surface area (Å²) < 4.78 is 10.9. The summed E-state index contributed by atoms with van der Waals surface area (Å²) in [7, 11) is 1.59. The second-order valence-electron chi connectivity index (χ2n) is 7.86. The fourth-order valence-electron chi connectivity index (χ4n) is 3.70. The van der Waals surface area contributed by atoms with E-state index >= 15 is 0 Å². The lowest BCUT2D eigenvalue weighted by atomic mass is 9.86. The minimum Gasteiger partial charge on any atom is -0.497 e. The first-order valence-electron chi connectivity index (χ1n) is 11.2. The standard InChI is InChI=1S/C28H29ClO4/c1-32-23-17-18-26(25(29)20-23)33-19-11-3-2-10-16-24(27(30)21-12-6-4-7-13-21)28(31)22-14-8-5-9-15-22/h4-9,12-15,17-18,20,24H,2-3,10-11,16,19H2,1H3. The van der Waals surface area contributed by atoms with Crippen molar-refractivity contribution >= 4 is 23.2 Å². The third-order valence-corrected chi connectivity index (χ3v) is 5.83. The Morgan fingerprint density at radius 2 is 1.36 bits per heavy atom. The highest BCUT2D eigenvalue weighted by atomic mass is 35.5. The van der Waals surface area contributed by atoms with Crippen LogP contribution in [-0.2, 0) is 0 Å². The third kappa shape index (κ3) is 7.19. The van der Waals surface area contributed by atoms with E-state index in [2.05, 4.69) is 0 Å². The third-order valence-electron chi connectivity index (χ3n) is 5.53. The van der Waals surface area contributed by atoms with Gasteiger partial charge in [-0.05, 0) is 25.0 Å². The molecule has 0 saturated heterocycles. The van der Waals surface area contributed by atoms with Crippen molar-refractivity contribution in [2.24, 2.45) is 5.92 Å². The van der Waals surface area contributed by atoms with Gasteiger partial charge in [0.2, 0.25) is 0 Å². The van der Waals surface area contributed by atoms with Gasteiger partial charge in [-0.2, -0.15) is 0 Å². The zero-order valence-electron chi connectivity index (χ0n) is 18.8. The van der Waals surface area contributed by atoms with Crippen LogP contribution in [0.25, 0.3) is 0 Å². The number of carbonyl (C=O) groups excluding carboxylic acids is 2. The molecule has 0 aromatic heterocycles. The fourth-order valence-corrected chi connectivity index (χ4v) is 3.93. The van der Waals surface area contributed by atoms with E-state index in [4.69, 9.17) is 21.1 Å². The number of rotatable bonds is 13. The van der Waals surface area contributed by atoms with Gasteiger partial charge in [-0.25, -0.2) is 0 Å². The second-order valence-corrected chi connectivity index (χ2v) is 8.27. The molecule has 0 spiro atoms. The van der Waals surface area contributed by atoms with Gasteiger partial charge < -0.3 is 9.47 Å². The highest BCUT2D eigenvalue weighted by Gasteiger charge is 2.27. The highest BCUT2D eigenvalue weighted by molar-refractivity contribution is 6.32. The predicted molar refractivity (Wildman–Crippen MR) is 132 cm³/mol. The van der Waals surface area contributed by atoms with Gasteiger partial charge in [0.1, 0.15) is 11.5 Å². The summed E-state index contributed by atoms with van der Waals surface area (Å²) in [6.45, 7) is 0.557. The fraction of sp³-hybridized carbons (Fsp3) is 0.286. The minimum absolute atomic E-state index is 0.109. The van der Waals surface area contributed by atoms with Gasteiger partial charge in [0.15, 0.2) is 11.6 Å². The van der Waals surface area contributed by atoms with Crippen LogP contribution in [0.2, 0.25) is 5.02 Å². The largest absolute Gasteiger partial charge is 0.497 e. The van der Waals surface area contributed by atoms with Crippen LogP contribution in [0.15, 0.2) is 78.9 Å². The molecule has 3 rings (SSSR count). The van der Waals surface area contributed by atoms with Gasteiger partial charge in [-0.3, -0.25) is 9.59 Å². The van der Waals surface area contributed by atoms with Crippen molar-refractivity contribution in [2.75, 3.05) is 13.7 Å². The Morgan fingerprint density at radius 1 is 0.788 bits per heavy atom. The van der Waals surface area contributed by atoms with E-state index in [9.17, 15) is 9.59 Å². The van der Waals surface area contributed by atoms with Crippen LogP contribution in [0.3, 0.4) is 0 Å². The van der Waals surface area contributed by atoms with Crippen molar-refractivity contribution in [3.05, 3.63) is 95.0 Å². The zero-order chi connectivity index (χ0) is 23.5. The topological polar surface area (TPSA) is 52.6 Å². The highest BCUT2D eigenvalue weighted by Crippen LogP contribution is 2.29. The molecule has 3 aromatic carbocycles. The summed E-state index contributed by atoms with van der Waals surface area (Å²) in [4.78, 5) is 26.2. The maximum absolute atomic E-state index is 13.1. The summed E-state index contributed by atoms with van der Waals surface area (Å²) in [5.41, 5.74) is 1.16.